The van der Waals surface area contributed by atoms with Crippen LogP contribution in [-0.2, 0) is 22.2 Å². The highest BCUT2D eigenvalue weighted by Crippen LogP contribution is 2.29. The molecule has 9 heteroatoms. The summed E-state index contributed by atoms with van der Waals surface area (Å²) in [5.74, 6) is -0.440. The Morgan fingerprint density at radius 2 is 1.71 bits per heavy atom. The van der Waals surface area contributed by atoms with Gasteiger partial charge in [0.25, 0.3) is 5.91 Å². The number of anilines is 1. The Morgan fingerprint density at radius 3 is 2.46 bits per heavy atom. The molecule has 2 N–H and O–H groups in total. The molecule has 3 rings (SSSR count). The molecule has 0 saturated carbocycles. The number of hydrogen-bond acceptors (Lipinski definition) is 4. The van der Waals surface area contributed by atoms with E-state index in [1.165, 1.54) is 18.3 Å². The number of halogens is 3. The van der Waals surface area contributed by atoms with Gasteiger partial charge in [-0.2, -0.15) is 18.3 Å². The minimum atomic E-state index is -4.47. The predicted octanol–water partition coefficient (Wildman–Crippen LogP) is 5.03. The van der Waals surface area contributed by atoms with Gasteiger partial charge in [0.15, 0.2) is 6.61 Å². The number of amides is 2. The molecule has 0 aliphatic carbocycles. The fourth-order valence-corrected chi connectivity index (χ4v) is 3.11. The number of carbonyl (C=O) groups is 2. The summed E-state index contributed by atoms with van der Waals surface area (Å²) in [6.07, 6.45) is -3.36. The Bertz CT molecular complexity index is 1240. The number of nitrogens with zero attached hydrogens (tertiary/aromatic N) is 1. The highest BCUT2D eigenvalue weighted by Gasteiger charge is 2.30. The summed E-state index contributed by atoms with van der Waals surface area (Å²) in [4.78, 5) is 24.2. The maximum atomic E-state index is 12.8. The molecule has 0 aliphatic heterocycles. The SMILES string of the molecule is Cc1ccc(NC(=O)COc2cccc(/C=N/NC(=O)Cc3cccc(C(F)(F)F)c3)c2)cc1C. The number of ether oxygens (including phenoxy) is 1. The highest BCUT2D eigenvalue weighted by atomic mass is 19.4. The number of nitrogens with one attached hydrogen (secondary N) is 2. The Labute approximate surface area is 200 Å². The van der Waals surface area contributed by atoms with E-state index in [0.29, 0.717) is 17.0 Å². The van der Waals surface area contributed by atoms with E-state index in [9.17, 15) is 22.8 Å². The zero-order chi connectivity index (χ0) is 25.4. The zero-order valence-electron chi connectivity index (χ0n) is 19.1. The quantitative estimate of drug-likeness (QED) is 0.348. The molecular formula is C26H24F3N3O3. The molecule has 0 bridgehead atoms. The molecule has 3 aromatic rings. The smallest absolute Gasteiger partial charge is 0.416 e. The van der Waals surface area contributed by atoms with Gasteiger partial charge in [0.1, 0.15) is 5.75 Å². The second kappa shape index (κ2) is 11.3. The van der Waals surface area contributed by atoms with E-state index < -0.39 is 17.6 Å². The fourth-order valence-electron chi connectivity index (χ4n) is 3.11. The summed E-state index contributed by atoms with van der Waals surface area (Å²) in [5.41, 5.74) is 5.17. The summed E-state index contributed by atoms with van der Waals surface area (Å²) in [5, 5.41) is 6.61. The molecular weight excluding hydrogens is 459 g/mol. The molecule has 0 fully saturated rings. The van der Waals surface area contributed by atoms with Crippen molar-refractivity contribution in [3.8, 4) is 5.75 Å². The van der Waals surface area contributed by atoms with E-state index in [4.69, 9.17) is 4.74 Å². The average molecular weight is 483 g/mol. The Hall–Kier alpha value is -4.14. The van der Waals surface area contributed by atoms with Crippen LogP contribution in [0, 0.1) is 13.8 Å². The number of aryl methyl sites for hydroxylation is 2. The van der Waals surface area contributed by atoms with Gasteiger partial charge in [0.2, 0.25) is 5.91 Å². The lowest BCUT2D eigenvalue weighted by Gasteiger charge is -2.09. The van der Waals surface area contributed by atoms with Gasteiger partial charge in [-0.25, -0.2) is 5.43 Å². The second-order valence-corrected chi connectivity index (χ2v) is 7.88. The van der Waals surface area contributed by atoms with Crippen molar-refractivity contribution in [3.05, 3.63) is 94.5 Å². The van der Waals surface area contributed by atoms with Crippen molar-refractivity contribution in [2.45, 2.75) is 26.4 Å². The zero-order valence-corrected chi connectivity index (χ0v) is 19.1. The van der Waals surface area contributed by atoms with Crippen molar-refractivity contribution in [1.29, 1.82) is 0 Å². The van der Waals surface area contributed by atoms with Gasteiger partial charge < -0.3 is 10.1 Å². The maximum absolute atomic E-state index is 12.8. The van der Waals surface area contributed by atoms with E-state index in [1.54, 1.807) is 24.3 Å². The topological polar surface area (TPSA) is 79.8 Å². The van der Waals surface area contributed by atoms with Gasteiger partial charge in [0, 0.05) is 5.69 Å². The van der Waals surface area contributed by atoms with E-state index >= 15 is 0 Å². The first-order chi connectivity index (χ1) is 16.6. The van der Waals surface area contributed by atoms with Crippen molar-refractivity contribution in [3.63, 3.8) is 0 Å². The van der Waals surface area contributed by atoms with Crippen molar-refractivity contribution < 1.29 is 27.5 Å². The number of benzene rings is 3. The molecule has 35 heavy (non-hydrogen) atoms. The molecule has 6 nitrogen and oxygen atoms in total. The van der Waals surface area contributed by atoms with Crippen molar-refractivity contribution >= 4 is 23.7 Å². The monoisotopic (exact) mass is 483 g/mol. The third-order valence-corrected chi connectivity index (χ3v) is 5.04. The van der Waals surface area contributed by atoms with Gasteiger partial charge in [-0.15, -0.1) is 0 Å². The predicted molar refractivity (Wildman–Crippen MR) is 127 cm³/mol. The van der Waals surface area contributed by atoms with Crippen LogP contribution >= 0.6 is 0 Å². The van der Waals surface area contributed by atoms with Gasteiger partial charge in [-0.05, 0) is 66.4 Å². The first-order valence-corrected chi connectivity index (χ1v) is 10.7. The number of alkyl halides is 3. The van der Waals surface area contributed by atoms with Crippen LogP contribution in [0.4, 0.5) is 18.9 Å². The van der Waals surface area contributed by atoms with Crippen LogP contribution in [0.25, 0.3) is 0 Å². The van der Waals surface area contributed by atoms with E-state index in [-0.39, 0.29) is 24.5 Å². The Morgan fingerprint density at radius 1 is 0.943 bits per heavy atom. The molecule has 0 atom stereocenters. The van der Waals surface area contributed by atoms with E-state index in [2.05, 4.69) is 15.8 Å². The van der Waals surface area contributed by atoms with E-state index in [0.717, 1.165) is 23.3 Å². The Balaban J connectivity index is 1.49. The van der Waals surface area contributed by atoms with Gasteiger partial charge in [-0.3, -0.25) is 9.59 Å². The molecule has 0 unspecified atom stereocenters. The maximum Gasteiger partial charge on any atom is 0.416 e. The number of rotatable bonds is 8. The molecule has 0 spiro atoms. The molecule has 3 aromatic carbocycles. The summed E-state index contributed by atoms with van der Waals surface area (Å²) < 4.78 is 43.9. The third-order valence-electron chi connectivity index (χ3n) is 5.04. The molecule has 0 aliphatic rings. The van der Waals surface area contributed by atoms with Crippen LogP contribution in [0.3, 0.4) is 0 Å². The molecule has 0 saturated heterocycles. The number of carbonyl (C=O) groups excluding carboxylic acids is 2. The van der Waals surface area contributed by atoms with Crippen LogP contribution in [0.1, 0.15) is 27.8 Å². The first kappa shape index (κ1) is 25.5. The molecule has 182 valence electrons. The first-order valence-electron chi connectivity index (χ1n) is 10.7. The minimum absolute atomic E-state index is 0.193. The van der Waals surface area contributed by atoms with Crippen molar-refractivity contribution in [2.24, 2.45) is 5.10 Å². The normalized spacial score (nSPS) is 11.3. The van der Waals surface area contributed by atoms with Crippen LogP contribution in [0.15, 0.2) is 71.8 Å². The lowest BCUT2D eigenvalue weighted by Crippen LogP contribution is -2.20. The van der Waals surface area contributed by atoms with Crippen molar-refractivity contribution in [1.82, 2.24) is 5.43 Å². The fraction of sp³-hybridized carbons (Fsp3) is 0.192. The lowest BCUT2D eigenvalue weighted by molar-refractivity contribution is -0.137. The standard InChI is InChI=1S/C26H24F3N3O3/c1-17-9-10-22(11-18(17)2)31-25(34)16-35-23-8-4-6-20(13-23)15-30-32-24(33)14-19-5-3-7-21(12-19)26(27,28)29/h3-13,15H,14,16H2,1-2H3,(H,31,34)(H,32,33)/b30-15+. The van der Waals surface area contributed by atoms with Gasteiger partial charge >= 0.3 is 6.18 Å². The number of hydrogen-bond donors (Lipinski definition) is 2. The summed E-state index contributed by atoms with van der Waals surface area (Å²) >= 11 is 0. The molecule has 0 aromatic heterocycles. The van der Waals surface area contributed by atoms with Crippen LogP contribution < -0.4 is 15.5 Å². The minimum Gasteiger partial charge on any atom is -0.484 e. The largest absolute Gasteiger partial charge is 0.484 e. The third kappa shape index (κ3) is 7.99. The molecule has 0 heterocycles. The van der Waals surface area contributed by atoms with Crippen LogP contribution in [0.2, 0.25) is 0 Å². The van der Waals surface area contributed by atoms with Gasteiger partial charge in [0.05, 0.1) is 18.2 Å². The van der Waals surface area contributed by atoms with E-state index in [1.807, 2.05) is 32.0 Å². The number of hydrazone groups is 1. The van der Waals surface area contributed by atoms with Crippen molar-refractivity contribution in [2.75, 3.05) is 11.9 Å². The Kier molecular flexibility index (Phi) is 8.25. The van der Waals surface area contributed by atoms with Gasteiger partial charge in [-0.1, -0.05) is 36.4 Å². The summed E-state index contributed by atoms with van der Waals surface area (Å²) in [6.45, 7) is 3.76. The van der Waals surface area contributed by atoms with Crippen LogP contribution in [0.5, 0.6) is 5.75 Å². The summed E-state index contributed by atoms with van der Waals surface area (Å²) in [7, 11) is 0. The summed E-state index contributed by atoms with van der Waals surface area (Å²) in [6, 6.07) is 16.9. The second-order valence-electron chi connectivity index (χ2n) is 7.88. The molecule has 0 radical (unpaired) electrons. The lowest BCUT2D eigenvalue weighted by atomic mass is 10.1. The highest BCUT2D eigenvalue weighted by molar-refractivity contribution is 5.92. The molecule has 2 amide bonds. The average Bonchev–Trinajstić information content (AvgIpc) is 2.80. The van der Waals surface area contributed by atoms with Crippen LogP contribution in [-0.4, -0.2) is 24.6 Å².